The summed E-state index contributed by atoms with van der Waals surface area (Å²) in [5.74, 6) is 2.21. The molecular formula is C13H22NOS+. The van der Waals surface area contributed by atoms with E-state index >= 15 is 0 Å². The van der Waals surface area contributed by atoms with Crippen LogP contribution in [0.2, 0.25) is 0 Å². The van der Waals surface area contributed by atoms with Crippen molar-refractivity contribution in [2.45, 2.75) is 12.8 Å². The molecule has 0 amide bonds. The first-order valence-corrected chi connectivity index (χ1v) is 7.19. The van der Waals surface area contributed by atoms with Crippen molar-refractivity contribution in [3.63, 3.8) is 0 Å². The Labute approximate surface area is 103 Å². The summed E-state index contributed by atoms with van der Waals surface area (Å²) in [5, 5.41) is 2.40. The van der Waals surface area contributed by atoms with E-state index < -0.39 is 0 Å². The number of nitrogens with two attached hydrogens (primary N) is 1. The summed E-state index contributed by atoms with van der Waals surface area (Å²) in [7, 11) is 1.70. The molecule has 0 saturated carbocycles. The summed E-state index contributed by atoms with van der Waals surface area (Å²) in [5.41, 5.74) is 1.39. The van der Waals surface area contributed by atoms with Crippen LogP contribution in [0.3, 0.4) is 0 Å². The van der Waals surface area contributed by atoms with Crippen LogP contribution < -0.4 is 10.1 Å². The minimum absolute atomic E-state index is 0.938. The highest BCUT2D eigenvalue weighted by Crippen LogP contribution is 2.10. The van der Waals surface area contributed by atoms with Gasteiger partial charge in [0, 0.05) is 12.8 Å². The smallest absolute Gasteiger partial charge is 0.118 e. The summed E-state index contributed by atoms with van der Waals surface area (Å²) >= 11 is 1.93. The summed E-state index contributed by atoms with van der Waals surface area (Å²) < 4.78 is 5.13. The van der Waals surface area contributed by atoms with Gasteiger partial charge in [-0.25, -0.2) is 0 Å². The fraction of sp³-hybridized carbons (Fsp3) is 0.538. The predicted molar refractivity (Wildman–Crippen MR) is 71.4 cm³/mol. The fourth-order valence-electron chi connectivity index (χ4n) is 1.58. The Hall–Kier alpha value is -0.670. The molecule has 1 aromatic rings. The lowest BCUT2D eigenvalue weighted by Gasteiger charge is -2.03. The molecule has 0 radical (unpaired) electrons. The average Bonchev–Trinajstić information content (AvgIpc) is 2.34. The molecule has 0 aliphatic heterocycles. The molecule has 0 aliphatic rings. The van der Waals surface area contributed by atoms with Crippen LogP contribution in [0.5, 0.6) is 5.75 Å². The van der Waals surface area contributed by atoms with Crippen LogP contribution in [0.25, 0.3) is 0 Å². The quantitative estimate of drug-likeness (QED) is 0.698. The minimum atomic E-state index is 0.938. The van der Waals surface area contributed by atoms with E-state index in [9.17, 15) is 0 Å². The summed E-state index contributed by atoms with van der Waals surface area (Å²) in [6, 6.07) is 8.36. The van der Waals surface area contributed by atoms with E-state index in [1.807, 2.05) is 23.9 Å². The summed E-state index contributed by atoms with van der Waals surface area (Å²) in [6.45, 7) is 2.43. The zero-order valence-corrected chi connectivity index (χ0v) is 11.1. The third-order valence-corrected chi connectivity index (χ3v) is 3.25. The van der Waals surface area contributed by atoms with Crippen LogP contribution in [0.4, 0.5) is 0 Å². The lowest BCUT2D eigenvalue weighted by atomic mass is 10.1. The van der Waals surface area contributed by atoms with Crippen molar-refractivity contribution in [2.75, 3.05) is 32.2 Å². The van der Waals surface area contributed by atoms with Crippen LogP contribution in [0.15, 0.2) is 24.3 Å². The Morgan fingerprint density at radius 1 is 1.19 bits per heavy atom. The molecule has 2 N–H and O–H groups in total. The van der Waals surface area contributed by atoms with Crippen LogP contribution in [-0.2, 0) is 6.42 Å². The first-order valence-electron chi connectivity index (χ1n) is 5.80. The van der Waals surface area contributed by atoms with Crippen molar-refractivity contribution in [1.29, 1.82) is 0 Å². The second-order valence-corrected chi connectivity index (χ2v) is 4.80. The van der Waals surface area contributed by atoms with Gasteiger partial charge >= 0.3 is 0 Å². The second-order valence-electron chi connectivity index (χ2n) is 3.81. The maximum absolute atomic E-state index is 5.13. The normalized spacial score (nSPS) is 10.4. The van der Waals surface area contributed by atoms with Gasteiger partial charge in [-0.15, -0.1) is 0 Å². The molecule has 0 saturated heterocycles. The van der Waals surface area contributed by atoms with Gasteiger partial charge in [-0.3, -0.25) is 0 Å². The van der Waals surface area contributed by atoms with Crippen molar-refractivity contribution >= 4 is 11.8 Å². The topological polar surface area (TPSA) is 25.8 Å². The Kier molecular flexibility index (Phi) is 7.10. The maximum Gasteiger partial charge on any atom is 0.118 e. The van der Waals surface area contributed by atoms with Crippen molar-refractivity contribution in [2.24, 2.45) is 0 Å². The van der Waals surface area contributed by atoms with Gasteiger partial charge in [-0.05, 0) is 29.7 Å². The van der Waals surface area contributed by atoms with Gasteiger partial charge in [0.05, 0.1) is 20.2 Å². The standard InChI is InChI=1S/C13H21NOS/c1-15-13-6-4-12(5-7-13)8-10-14-9-3-11-16-2/h4-7,14H,3,8-11H2,1-2H3/p+1. The first-order chi connectivity index (χ1) is 7.86. The largest absolute Gasteiger partial charge is 0.497 e. The number of rotatable bonds is 8. The Balaban J connectivity index is 2.12. The molecule has 1 aromatic carbocycles. The first kappa shape index (κ1) is 13.4. The number of hydrogen-bond donors (Lipinski definition) is 1. The molecule has 3 heteroatoms. The van der Waals surface area contributed by atoms with E-state index in [0.717, 1.165) is 12.2 Å². The van der Waals surface area contributed by atoms with Gasteiger partial charge in [-0.2, -0.15) is 11.8 Å². The highest BCUT2D eigenvalue weighted by atomic mass is 32.2. The lowest BCUT2D eigenvalue weighted by Crippen LogP contribution is -2.84. The maximum atomic E-state index is 5.13. The van der Waals surface area contributed by atoms with E-state index in [2.05, 4.69) is 23.7 Å². The predicted octanol–water partition coefficient (Wildman–Crippen LogP) is 1.55. The van der Waals surface area contributed by atoms with Crippen molar-refractivity contribution in [3.05, 3.63) is 29.8 Å². The molecule has 0 bridgehead atoms. The van der Waals surface area contributed by atoms with E-state index in [4.69, 9.17) is 4.74 Å². The molecule has 1 rings (SSSR count). The number of quaternary nitrogens is 1. The molecule has 90 valence electrons. The van der Waals surface area contributed by atoms with Gasteiger partial charge in [0.2, 0.25) is 0 Å². The molecule has 0 aromatic heterocycles. The average molecular weight is 240 g/mol. The molecule has 0 unspecified atom stereocenters. The van der Waals surface area contributed by atoms with Crippen LogP contribution in [0, 0.1) is 0 Å². The fourth-order valence-corrected chi connectivity index (χ4v) is 2.03. The monoisotopic (exact) mass is 240 g/mol. The highest BCUT2D eigenvalue weighted by molar-refractivity contribution is 7.98. The molecule has 2 nitrogen and oxygen atoms in total. The minimum Gasteiger partial charge on any atom is -0.497 e. The van der Waals surface area contributed by atoms with E-state index in [0.29, 0.717) is 0 Å². The Bertz CT molecular complexity index is 274. The van der Waals surface area contributed by atoms with Crippen molar-refractivity contribution in [1.82, 2.24) is 0 Å². The van der Waals surface area contributed by atoms with Crippen molar-refractivity contribution < 1.29 is 10.1 Å². The SMILES string of the molecule is COc1ccc(CC[NH2+]CCCSC)cc1. The third-order valence-electron chi connectivity index (χ3n) is 2.55. The van der Waals surface area contributed by atoms with Gasteiger partial charge in [0.1, 0.15) is 5.75 Å². The number of methoxy groups -OCH3 is 1. The Morgan fingerprint density at radius 3 is 2.56 bits per heavy atom. The molecule has 0 spiro atoms. The van der Waals surface area contributed by atoms with Gasteiger partial charge < -0.3 is 10.1 Å². The van der Waals surface area contributed by atoms with Crippen LogP contribution in [-0.4, -0.2) is 32.2 Å². The zero-order chi connectivity index (χ0) is 11.6. The van der Waals surface area contributed by atoms with Crippen molar-refractivity contribution in [3.8, 4) is 5.75 Å². The molecule has 16 heavy (non-hydrogen) atoms. The van der Waals surface area contributed by atoms with Gasteiger partial charge in [0.25, 0.3) is 0 Å². The summed E-state index contributed by atoms with van der Waals surface area (Å²) in [4.78, 5) is 0. The number of hydrogen-bond acceptors (Lipinski definition) is 2. The summed E-state index contributed by atoms with van der Waals surface area (Å²) in [6.07, 6.45) is 4.62. The zero-order valence-electron chi connectivity index (χ0n) is 10.2. The Morgan fingerprint density at radius 2 is 1.94 bits per heavy atom. The van der Waals surface area contributed by atoms with Crippen LogP contribution >= 0.6 is 11.8 Å². The van der Waals surface area contributed by atoms with E-state index in [-0.39, 0.29) is 0 Å². The molecule has 0 fully saturated rings. The van der Waals surface area contributed by atoms with Crippen LogP contribution in [0.1, 0.15) is 12.0 Å². The third kappa shape index (κ3) is 5.42. The van der Waals surface area contributed by atoms with Gasteiger partial charge in [-0.1, -0.05) is 12.1 Å². The van der Waals surface area contributed by atoms with E-state index in [1.54, 1.807) is 7.11 Å². The highest BCUT2D eigenvalue weighted by Gasteiger charge is 1.96. The number of thioether (sulfide) groups is 1. The van der Waals surface area contributed by atoms with E-state index in [1.165, 1.54) is 30.8 Å². The molecule has 0 aliphatic carbocycles. The molecule has 0 heterocycles. The second kappa shape index (κ2) is 8.48. The molecular weight excluding hydrogens is 218 g/mol. The molecule has 0 atom stereocenters. The number of benzene rings is 1. The lowest BCUT2D eigenvalue weighted by molar-refractivity contribution is -0.654. The van der Waals surface area contributed by atoms with Gasteiger partial charge in [0.15, 0.2) is 0 Å². The number of ether oxygens (including phenoxy) is 1.